The zero-order chi connectivity index (χ0) is 18.4. The minimum Gasteiger partial charge on any atom is -0.463 e. The molecule has 0 saturated heterocycles. The molecule has 2 rings (SSSR count). The Balaban J connectivity index is 2.30. The van der Waals surface area contributed by atoms with Gasteiger partial charge in [-0.3, -0.25) is 19.7 Å². The first kappa shape index (κ1) is 18.2. The van der Waals surface area contributed by atoms with E-state index in [-0.39, 0.29) is 23.8 Å². The normalized spacial score (nSPS) is 11.8. The Kier molecular flexibility index (Phi) is 5.89. The SMILES string of the molecule is CC(C)OC(=O)CC(NC(=O)c1ccc[nH]1)c1ccccc1[N+](=O)[O-]. The van der Waals surface area contributed by atoms with Gasteiger partial charge in [0, 0.05) is 12.3 Å². The molecular formula is C17H19N3O5. The summed E-state index contributed by atoms with van der Waals surface area (Å²) < 4.78 is 5.11. The lowest BCUT2D eigenvalue weighted by molar-refractivity contribution is -0.385. The van der Waals surface area contributed by atoms with Crippen LogP contribution < -0.4 is 5.32 Å². The van der Waals surface area contributed by atoms with Crippen molar-refractivity contribution in [1.29, 1.82) is 0 Å². The molecule has 0 radical (unpaired) electrons. The van der Waals surface area contributed by atoms with Gasteiger partial charge in [0.1, 0.15) is 5.69 Å². The molecule has 0 aliphatic rings. The number of carbonyl (C=O) groups excluding carboxylic acids is 2. The first-order chi connectivity index (χ1) is 11.9. The lowest BCUT2D eigenvalue weighted by Gasteiger charge is -2.19. The van der Waals surface area contributed by atoms with Crippen LogP contribution >= 0.6 is 0 Å². The average molecular weight is 345 g/mol. The van der Waals surface area contributed by atoms with E-state index < -0.39 is 22.8 Å². The second-order valence-electron chi connectivity index (χ2n) is 5.67. The molecule has 1 amide bonds. The number of hydrogen-bond donors (Lipinski definition) is 2. The van der Waals surface area contributed by atoms with Crippen LogP contribution in [-0.4, -0.2) is 27.9 Å². The molecular weight excluding hydrogens is 326 g/mol. The molecule has 2 aromatic rings. The quantitative estimate of drug-likeness (QED) is 0.455. The molecule has 132 valence electrons. The van der Waals surface area contributed by atoms with Crippen molar-refractivity contribution >= 4 is 17.6 Å². The Morgan fingerprint density at radius 1 is 1.24 bits per heavy atom. The molecule has 0 spiro atoms. The fraction of sp³-hybridized carbons (Fsp3) is 0.294. The van der Waals surface area contributed by atoms with Crippen LogP contribution in [0.3, 0.4) is 0 Å². The third kappa shape index (κ3) is 4.90. The molecule has 1 unspecified atom stereocenters. The van der Waals surface area contributed by atoms with Crippen LogP contribution in [0.25, 0.3) is 0 Å². The van der Waals surface area contributed by atoms with Gasteiger partial charge in [-0.05, 0) is 26.0 Å². The Morgan fingerprint density at radius 2 is 1.96 bits per heavy atom. The fourth-order valence-corrected chi connectivity index (χ4v) is 2.37. The van der Waals surface area contributed by atoms with Gasteiger partial charge in [-0.15, -0.1) is 0 Å². The first-order valence-corrected chi connectivity index (χ1v) is 7.75. The van der Waals surface area contributed by atoms with E-state index in [0.717, 1.165) is 0 Å². The monoisotopic (exact) mass is 345 g/mol. The number of carbonyl (C=O) groups is 2. The second kappa shape index (κ2) is 8.09. The number of esters is 1. The summed E-state index contributed by atoms with van der Waals surface area (Å²) in [7, 11) is 0. The lowest BCUT2D eigenvalue weighted by atomic mass is 10.0. The van der Waals surface area contributed by atoms with Crippen LogP contribution in [-0.2, 0) is 9.53 Å². The predicted molar refractivity (Wildman–Crippen MR) is 89.9 cm³/mol. The standard InChI is InChI=1S/C17H19N3O5/c1-11(2)25-16(21)10-14(19-17(22)13-7-5-9-18-13)12-6-3-4-8-15(12)20(23)24/h3-9,11,14,18H,10H2,1-2H3,(H,19,22). The lowest BCUT2D eigenvalue weighted by Crippen LogP contribution is -2.31. The van der Waals surface area contributed by atoms with Gasteiger partial charge < -0.3 is 15.0 Å². The Hall–Kier alpha value is -3.16. The van der Waals surface area contributed by atoms with E-state index in [2.05, 4.69) is 10.3 Å². The largest absolute Gasteiger partial charge is 0.463 e. The molecule has 2 N–H and O–H groups in total. The summed E-state index contributed by atoms with van der Waals surface area (Å²) in [5.74, 6) is -1.02. The molecule has 1 aromatic carbocycles. The predicted octanol–water partition coefficient (Wildman–Crippen LogP) is 2.74. The van der Waals surface area contributed by atoms with Gasteiger partial charge in [0.25, 0.3) is 11.6 Å². The van der Waals surface area contributed by atoms with Crippen molar-refractivity contribution in [3.63, 3.8) is 0 Å². The number of nitrogens with zero attached hydrogens (tertiary/aromatic N) is 1. The Labute approximate surface area is 144 Å². The molecule has 0 saturated carbocycles. The van der Waals surface area contributed by atoms with Crippen LogP contribution in [0.1, 0.15) is 42.4 Å². The molecule has 8 heteroatoms. The van der Waals surface area contributed by atoms with Gasteiger partial charge in [0.2, 0.25) is 0 Å². The number of aromatic amines is 1. The minimum absolute atomic E-state index is 0.170. The van der Waals surface area contributed by atoms with Crippen LogP contribution in [0.4, 0.5) is 5.69 Å². The van der Waals surface area contributed by atoms with E-state index >= 15 is 0 Å². The van der Waals surface area contributed by atoms with E-state index in [0.29, 0.717) is 5.69 Å². The average Bonchev–Trinajstić information content (AvgIpc) is 3.08. The van der Waals surface area contributed by atoms with Gasteiger partial charge in [-0.2, -0.15) is 0 Å². The number of H-pyrrole nitrogens is 1. The van der Waals surface area contributed by atoms with Crippen molar-refractivity contribution in [3.8, 4) is 0 Å². The number of nitro benzene ring substituents is 1. The van der Waals surface area contributed by atoms with Crippen LogP contribution in [0.5, 0.6) is 0 Å². The van der Waals surface area contributed by atoms with Crippen molar-refractivity contribution in [2.45, 2.75) is 32.4 Å². The van der Waals surface area contributed by atoms with Crippen LogP contribution in [0.15, 0.2) is 42.6 Å². The van der Waals surface area contributed by atoms with Gasteiger partial charge >= 0.3 is 5.97 Å². The van der Waals surface area contributed by atoms with Crippen LogP contribution in [0.2, 0.25) is 0 Å². The summed E-state index contributed by atoms with van der Waals surface area (Å²) in [4.78, 5) is 37.8. The second-order valence-corrected chi connectivity index (χ2v) is 5.67. The van der Waals surface area contributed by atoms with E-state index in [9.17, 15) is 19.7 Å². The summed E-state index contributed by atoms with van der Waals surface area (Å²) in [5, 5.41) is 13.9. The molecule has 0 fully saturated rings. The van der Waals surface area contributed by atoms with Crippen molar-refractivity contribution in [3.05, 3.63) is 64.0 Å². The Bertz CT molecular complexity index is 755. The zero-order valence-electron chi connectivity index (χ0n) is 13.9. The third-order valence-corrected chi connectivity index (χ3v) is 3.39. The van der Waals surface area contributed by atoms with E-state index in [1.165, 1.54) is 18.2 Å². The molecule has 1 aromatic heterocycles. The number of para-hydroxylation sites is 1. The number of hydrogen-bond acceptors (Lipinski definition) is 5. The summed E-state index contributed by atoms with van der Waals surface area (Å²) >= 11 is 0. The maximum atomic E-state index is 12.3. The molecule has 1 heterocycles. The highest BCUT2D eigenvalue weighted by molar-refractivity contribution is 5.93. The fourth-order valence-electron chi connectivity index (χ4n) is 2.37. The van der Waals surface area contributed by atoms with Crippen molar-refractivity contribution in [2.75, 3.05) is 0 Å². The third-order valence-electron chi connectivity index (χ3n) is 3.39. The van der Waals surface area contributed by atoms with Gasteiger partial charge in [0.05, 0.1) is 29.1 Å². The van der Waals surface area contributed by atoms with Gasteiger partial charge in [-0.25, -0.2) is 0 Å². The molecule has 0 aliphatic carbocycles. The van der Waals surface area contributed by atoms with Gasteiger partial charge in [-0.1, -0.05) is 18.2 Å². The Morgan fingerprint density at radius 3 is 2.56 bits per heavy atom. The topological polar surface area (TPSA) is 114 Å². The first-order valence-electron chi connectivity index (χ1n) is 7.75. The van der Waals surface area contributed by atoms with Crippen molar-refractivity contribution < 1.29 is 19.2 Å². The number of nitro groups is 1. The van der Waals surface area contributed by atoms with E-state index in [1.54, 1.807) is 38.2 Å². The summed E-state index contributed by atoms with van der Waals surface area (Å²) in [6, 6.07) is 8.32. The maximum Gasteiger partial charge on any atom is 0.308 e. The smallest absolute Gasteiger partial charge is 0.308 e. The highest BCUT2D eigenvalue weighted by Gasteiger charge is 2.27. The highest BCUT2D eigenvalue weighted by atomic mass is 16.6. The van der Waals surface area contributed by atoms with E-state index in [4.69, 9.17) is 4.74 Å². The zero-order valence-corrected chi connectivity index (χ0v) is 13.9. The number of ether oxygens (including phenoxy) is 1. The number of aromatic nitrogens is 1. The molecule has 25 heavy (non-hydrogen) atoms. The summed E-state index contributed by atoms with van der Waals surface area (Å²) in [6.45, 7) is 3.41. The van der Waals surface area contributed by atoms with Gasteiger partial charge in [0.15, 0.2) is 0 Å². The number of nitrogens with one attached hydrogen (secondary N) is 2. The molecule has 8 nitrogen and oxygen atoms in total. The summed E-state index contributed by atoms with van der Waals surface area (Å²) in [5.41, 5.74) is 0.366. The number of benzene rings is 1. The maximum absolute atomic E-state index is 12.3. The molecule has 0 bridgehead atoms. The van der Waals surface area contributed by atoms with Crippen molar-refractivity contribution in [2.24, 2.45) is 0 Å². The number of amides is 1. The van der Waals surface area contributed by atoms with Crippen molar-refractivity contribution in [1.82, 2.24) is 10.3 Å². The highest BCUT2D eigenvalue weighted by Crippen LogP contribution is 2.27. The minimum atomic E-state index is -0.886. The molecule has 1 atom stereocenters. The van der Waals surface area contributed by atoms with Crippen LogP contribution in [0, 0.1) is 10.1 Å². The van der Waals surface area contributed by atoms with E-state index in [1.807, 2.05) is 0 Å². The summed E-state index contributed by atoms with van der Waals surface area (Å²) in [6.07, 6.45) is 1.05. The molecule has 0 aliphatic heterocycles. The number of rotatable bonds is 7.